The number of aromatic nitrogens is 1. The van der Waals surface area contributed by atoms with E-state index >= 15 is 0 Å². The first-order valence-corrected chi connectivity index (χ1v) is 8.98. The molecule has 1 atom stereocenters. The summed E-state index contributed by atoms with van der Waals surface area (Å²) in [4.78, 5) is 16.4. The van der Waals surface area contributed by atoms with Gasteiger partial charge in [0.1, 0.15) is 11.4 Å². The lowest BCUT2D eigenvalue weighted by Gasteiger charge is -2.12. The van der Waals surface area contributed by atoms with Gasteiger partial charge >= 0.3 is 0 Å². The minimum atomic E-state index is -0.172. The van der Waals surface area contributed by atoms with Crippen molar-refractivity contribution in [2.24, 2.45) is 0 Å². The molecule has 1 saturated heterocycles. The van der Waals surface area contributed by atoms with Crippen LogP contribution in [0.3, 0.4) is 0 Å². The van der Waals surface area contributed by atoms with Crippen LogP contribution in [0.5, 0.6) is 5.75 Å². The average molecular weight is 355 g/mol. The molecule has 138 valence electrons. The molecule has 1 fully saturated rings. The van der Waals surface area contributed by atoms with E-state index in [1.807, 2.05) is 24.3 Å². The fraction of sp³-hybridized carbons (Fsp3) is 0.400. The van der Waals surface area contributed by atoms with E-state index in [4.69, 9.17) is 9.47 Å². The molecule has 1 aromatic heterocycles. The highest BCUT2D eigenvalue weighted by atomic mass is 16.5. The van der Waals surface area contributed by atoms with Crippen molar-refractivity contribution in [3.05, 3.63) is 53.9 Å². The standard InChI is InChI=1S/C20H25N3O3/c1-25-19-7-3-2-5-15(19)8-10-21-16-9-11-22-18(13-16)20(24)23-14-17-6-4-12-26-17/h2-3,5,7,9,11,13,17H,4,6,8,10,12,14H2,1H3,(H,21,22)(H,23,24). The Hall–Kier alpha value is -2.60. The van der Waals surface area contributed by atoms with Gasteiger partial charge in [-0.1, -0.05) is 18.2 Å². The lowest BCUT2D eigenvalue weighted by molar-refractivity contribution is 0.0854. The highest BCUT2D eigenvalue weighted by Crippen LogP contribution is 2.18. The van der Waals surface area contributed by atoms with Crippen LogP contribution in [0.25, 0.3) is 0 Å². The molecule has 2 aromatic rings. The fourth-order valence-electron chi connectivity index (χ4n) is 3.02. The predicted octanol–water partition coefficient (Wildman–Crippen LogP) is 2.65. The number of hydrogen-bond acceptors (Lipinski definition) is 5. The van der Waals surface area contributed by atoms with E-state index in [2.05, 4.69) is 21.7 Å². The fourth-order valence-corrected chi connectivity index (χ4v) is 3.02. The average Bonchev–Trinajstić information content (AvgIpc) is 3.20. The van der Waals surface area contributed by atoms with Crippen molar-refractivity contribution in [2.75, 3.05) is 32.1 Å². The summed E-state index contributed by atoms with van der Waals surface area (Å²) in [5.41, 5.74) is 2.42. The third kappa shape index (κ3) is 4.95. The molecule has 6 heteroatoms. The summed E-state index contributed by atoms with van der Waals surface area (Å²) in [7, 11) is 1.68. The molecule has 0 aliphatic carbocycles. The number of carbonyl (C=O) groups is 1. The third-order valence-electron chi connectivity index (χ3n) is 4.42. The van der Waals surface area contributed by atoms with E-state index in [0.717, 1.165) is 49.4 Å². The molecular weight excluding hydrogens is 330 g/mol. The molecule has 0 bridgehead atoms. The smallest absolute Gasteiger partial charge is 0.270 e. The number of nitrogens with zero attached hydrogens (tertiary/aromatic N) is 1. The number of hydrogen-bond donors (Lipinski definition) is 2. The molecule has 1 aromatic carbocycles. The zero-order valence-electron chi connectivity index (χ0n) is 15.0. The van der Waals surface area contributed by atoms with Crippen LogP contribution < -0.4 is 15.4 Å². The number of rotatable bonds is 8. The lowest BCUT2D eigenvalue weighted by atomic mass is 10.1. The monoisotopic (exact) mass is 355 g/mol. The molecule has 1 aliphatic heterocycles. The van der Waals surface area contributed by atoms with Crippen LogP contribution in [0.1, 0.15) is 28.9 Å². The largest absolute Gasteiger partial charge is 0.496 e. The van der Waals surface area contributed by atoms with E-state index in [9.17, 15) is 4.79 Å². The highest BCUT2D eigenvalue weighted by Gasteiger charge is 2.17. The van der Waals surface area contributed by atoms with Crippen molar-refractivity contribution in [1.82, 2.24) is 10.3 Å². The Morgan fingerprint density at radius 3 is 3.04 bits per heavy atom. The molecule has 1 aliphatic rings. The summed E-state index contributed by atoms with van der Waals surface area (Å²) in [5.74, 6) is 0.715. The van der Waals surface area contributed by atoms with Crippen LogP contribution in [0, 0.1) is 0 Å². The van der Waals surface area contributed by atoms with E-state index in [0.29, 0.717) is 12.2 Å². The zero-order valence-corrected chi connectivity index (χ0v) is 15.0. The summed E-state index contributed by atoms with van der Waals surface area (Å²) < 4.78 is 10.9. The third-order valence-corrected chi connectivity index (χ3v) is 4.42. The Morgan fingerprint density at radius 2 is 2.23 bits per heavy atom. The van der Waals surface area contributed by atoms with Crippen molar-refractivity contribution in [2.45, 2.75) is 25.4 Å². The number of ether oxygens (including phenoxy) is 2. The summed E-state index contributed by atoms with van der Waals surface area (Å²) in [5, 5.41) is 6.23. The first kappa shape index (κ1) is 18.2. The Balaban J connectivity index is 1.51. The molecule has 3 rings (SSSR count). The molecule has 0 saturated carbocycles. The Labute approximate surface area is 153 Å². The number of para-hydroxylation sites is 1. The number of carbonyl (C=O) groups excluding carboxylic acids is 1. The Morgan fingerprint density at radius 1 is 1.35 bits per heavy atom. The second-order valence-corrected chi connectivity index (χ2v) is 6.26. The van der Waals surface area contributed by atoms with Crippen molar-refractivity contribution >= 4 is 11.6 Å². The van der Waals surface area contributed by atoms with Gasteiger partial charge in [0, 0.05) is 31.6 Å². The number of pyridine rings is 1. The van der Waals surface area contributed by atoms with Gasteiger partial charge in [0.15, 0.2) is 0 Å². The molecule has 26 heavy (non-hydrogen) atoms. The summed E-state index contributed by atoms with van der Waals surface area (Å²) in [6.07, 6.45) is 4.66. The zero-order chi connectivity index (χ0) is 18.2. The van der Waals surface area contributed by atoms with E-state index in [-0.39, 0.29) is 12.0 Å². The molecule has 2 heterocycles. The molecule has 0 radical (unpaired) electrons. The molecule has 1 unspecified atom stereocenters. The first-order valence-electron chi connectivity index (χ1n) is 8.98. The second kappa shape index (κ2) is 9.20. The van der Waals surface area contributed by atoms with Crippen LogP contribution in [0.4, 0.5) is 5.69 Å². The molecule has 2 N–H and O–H groups in total. The van der Waals surface area contributed by atoms with Gasteiger partial charge in [0.2, 0.25) is 0 Å². The van der Waals surface area contributed by atoms with Crippen molar-refractivity contribution < 1.29 is 14.3 Å². The van der Waals surface area contributed by atoms with Crippen LogP contribution in [-0.2, 0) is 11.2 Å². The van der Waals surface area contributed by atoms with Crippen LogP contribution in [0.2, 0.25) is 0 Å². The topological polar surface area (TPSA) is 72.5 Å². The number of nitrogens with one attached hydrogen (secondary N) is 2. The number of amides is 1. The van der Waals surface area contributed by atoms with Gasteiger partial charge in [-0.15, -0.1) is 0 Å². The van der Waals surface area contributed by atoms with Gasteiger partial charge in [0.05, 0.1) is 13.2 Å². The summed E-state index contributed by atoms with van der Waals surface area (Å²) in [6.45, 7) is 2.05. The normalized spacial score (nSPS) is 16.3. The summed E-state index contributed by atoms with van der Waals surface area (Å²) in [6, 6.07) is 11.6. The lowest BCUT2D eigenvalue weighted by Crippen LogP contribution is -2.32. The molecule has 6 nitrogen and oxygen atoms in total. The predicted molar refractivity (Wildman–Crippen MR) is 101 cm³/mol. The Bertz CT molecular complexity index is 730. The summed E-state index contributed by atoms with van der Waals surface area (Å²) >= 11 is 0. The number of anilines is 1. The molecule has 0 spiro atoms. The van der Waals surface area contributed by atoms with E-state index in [1.165, 1.54) is 0 Å². The van der Waals surface area contributed by atoms with Crippen molar-refractivity contribution in [1.29, 1.82) is 0 Å². The quantitative estimate of drug-likeness (QED) is 0.762. The van der Waals surface area contributed by atoms with Gasteiger partial charge in [-0.2, -0.15) is 0 Å². The maximum atomic E-state index is 12.3. The van der Waals surface area contributed by atoms with E-state index in [1.54, 1.807) is 19.4 Å². The van der Waals surface area contributed by atoms with Crippen molar-refractivity contribution in [3.63, 3.8) is 0 Å². The number of methoxy groups -OCH3 is 1. The van der Waals surface area contributed by atoms with E-state index < -0.39 is 0 Å². The van der Waals surface area contributed by atoms with Gasteiger partial charge < -0.3 is 20.1 Å². The minimum absolute atomic E-state index is 0.126. The molecular formula is C20H25N3O3. The maximum absolute atomic E-state index is 12.3. The molecule has 1 amide bonds. The van der Waals surface area contributed by atoms with Gasteiger partial charge in [-0.3, -0.25) is 9.78 Å². The minimum Gasteiger partial charge on any atom is -0.496 e. The highest BCUT2D eigenvalue weighted by molar-refractivity contribution is 5.93. The maximum Gasteiger partial charge on any atom is 0.270 e. The SMILES string of the molecule is COc1ccccc1CCNc1ccnc(C(=O)NCC2CCCO2)c1. The second-order valence-electron chi connectivity index (χ2n) is 6.26. The van der Waals surface area contributed by atoms with Gasteiger partial charge in [-0.25, -0.2) is 0 Å². The van der Waals surface area contributed by atoms with Gasteiger partial charge in [-0.05, 0) is 43.0 Å². The first-order chi connectivity index (χ1) is 12.8. The van der Waals surface area contributed by atoms with Crippen LogP contribution >= 0.6 is 0 Å². The van der Waals surface area contributed by atoms with Crippen LogP contribution in [0.15, 0.2) is 42.6 Å². The van der Waals surface area contributed by atoms with Crippen LogP contribution in [-0.4, -0.2) is 43.8 Å². The van der Waals surface area contributed by atoms with Crippen molar-refractivity contribution in [3.8, 4) is 5.75 Å². The van der Waals surface area contributed by atoms with Gasteiger partial charge in [0.25, 0.3) is 5.91 Å². The Kier molecular flexibility index (Phi) is 6.44. The number of benzene rings is 1.